The lowest BCUT2D eigenvalue weighted by Gasteiger charge is -2.16. The summed E-state index contributed by atoms with van der Waals surface area (Å²) in [6.07, 6.45) is 0. The Hall–Kier alpha value is -3.16. The molecule has 1 atom stereocenters. The molecule has 0 aliphatic rings. The summed E-state index contributed by atoms with van der Waals surface area (Å²) in [5.74, 6) is -1.80. The van der Waals surface area contributed by atoms with Gasteiger partial charge in [-0.3, -0.25) is 4.79 Å². The molecule has 1 unspecified atom stereocenters. The maximum atomic E-state index is 14.2. The SMILES string of the molecule is CC(C)NC(=O)C(C)NC(=O)NCc1ccc(Oc2ccccc2F)c(F)c1. The molecular weight excluding hydrogens is 368 g/mol. The lowest BCUT2D eigenvalue weighted by atomic mass is 10.2. The maximum Gasteiger partial charge on any atom is 0.315 e. The van der Waals surface area contributed by atoms with Crippen LogP contribution >= 0.6 is 0 Å². The zero-order valence-corrected chi connectivity index (χ0v) is 15.9. The van der Waals surface area contributed by atoms with E-state index in [9.17, 15) is 18.4 Å². The Balaban J connectivity index is 1.89. The summed E-state index contributed by atoms with van der Waals surface area (Å²) in [6, 6.07) is 8.48. The van der Waals surface area contributed by atoms with Crippen molar-refractivity contribution in [1.29, 1.82) is 0 Å². The highest BCUT2D eigenvalue weighted by atomic mass is 19.1. The fourth-order valence-electron chi connectivity index (χ4n) is 2.29. The lowest BCUT2D eigenvalue weighted by Crippen LogP contribution is -2.49. The predicted octanol–water partition coefficient (Wildman–Crippen LogP) is 3.47. The first-order valence-electron chi connectivity index (χ1n) is 8.82. The van der Waals surface area contributed by atoms with Crippen LogP contribution in [0.1, 0.15) is 26.3 Å². The minimum absolute atomic E-state index is 0.0344. The van der Waals surface area contributed by atoms with Crippen LogP contribution < -0.4 is 20.7 Å². The van der Waals surface area contributed by atoms with Crippen molar-refractivity contribution in [3.63, 3.8) is 0 Å². The standard InChI is InChI=1S/C20H23F2N3O3/c1-12(2)24-19(26)13(3)25-20(27)23-11-14-8-9-18(16(22)10-14)28-17-7-5-4-6-15(17)21/h4-10,12-13H,11H2,1-3H3,(H,24,26)(H2,23,25,27). The second-order valence-electron chi connectivity index (χ2n) is 6.51. The fraction of sp³-hybridized carbons (Fsp3) is 0.300. The van der Waals surface area contributed by atoms with Crippen molar-refractivity contribution in [2.24, 2.45) is 0 Å². The van der Waals surface area contributed by atoms with E-state index in [0.717, 1.165) is 0 Å². The molecule has 3 N–H and O–H groups in total. The normalized spacial score (nSPS) is 11.6. The van der Waals surface area contributed by atoms with E-state index in [2.05, 4.69) is 16.0 Å². The van der Waals surface area contributed by atoms with Crippen LogP contribution in [-0.4, -0.2) is 24.0 Å². The van der Waals surface area contributed by atoms with Gasteiger partial charge in [-0.15, -0.1) is 0 Å². The number of hydrogen-bond acceptors (Lipinski definition) is 3. The van der Waals surface area contributed by atoms with Gasteiger partial charge in [0.15, 0.2) is 23.1 Å². The number of amides is 3. The molecule has 0 heterocycles. The predicted molar refractivity (Wildman–Crippen MR) is 101 cm³/mol. The number of hydrogen-bond donors (Lipinski definition) is 3. The van der Waals surface area contributed by atoms with Gasteiger partial charge >= 0.3 is 6.03 Å². The summed E-state index contributed by atoms with van der Waals surface area (Å²) in [5, 5.41) is 7.73. The minimum Gasteiger partial charge on any atom is -0.451 e. The van der Waals surface area contributed by atoms with Gasteiger partial charge in [-0.2, -0.15) is 0 Å². The Morgan fingerprint density at radius 1 is 0.964 bits per heavy atom. The third-order valence-corrected chi connectivity index (χ3v) is 3.68. The number of rotatable bonds is 7. The van der Waals surface area contributed by atoms with Crippen molar-refractivity contribution in [2.75, 3.05) is 0 Å². The molecule has 0 aliphatic heterocycles. The van der Waals surface area contributed by atoms with E-state index in [1.165, 1.54) is 30.3 Å². The largest absolute Gasteiger partial charge is 0.451 e. The van der Waals surface area contributed by atoms with Gasteiger partial charge in [0.2, 0.25) is 5.91 Å². The number of carbonyl (C=O) groups is 2. The number of nitrogens with one attached hydrogen (secondary N) is 3. The van der Waals surface area contributed by atoms with Gasteiger partial charge < -0.3 is 20.7 Å². The summed E-state index contributed by atoms with van der Waals surface area (Å²) in [5.41, 5.74) is 0.479. The van der Waals surface area contributed by atoms with Crippen LogP contribution in [0, 0.1) is 11.6 Å². The first-order valence-corrected chi connectivity index (χ1v) is 8.82. The number of urea groups is 1. The number of ether oxygens (including phenoxy) is 1. The number of carbonyl (C=O) groups excluding carboxylic acids is 2. The van der Waals surface area contributed by atoms with Crippen molar-refractivity contribution in [1.82, 2.24) is 16.0 Å². The van der Waals surface area contributed by atoms with Crippen LogP contribution in [0.15, 0.2) is 42.5 Å². The maximum absolute atomic E-state index is 14.2. The molecule has 8 heteroatoms. The molecule has 150 valence electrons. The monoisotopic (exact) mass is 391 g/mol. The van der Waals surface area contributed by atoms with Crippen LogP contribution in [0.4, 0.5) is 13.6 Å². The molecule has 0 aromatic heterocycles. The Labute approximate surface area is 162 Å². The summed E-state index contributed by atoms with van der Waals surface area (Å²) < 4.78 is 33.0. The third-order valence-electron chi connectivity index (χ3n) is 3.68. The lowest BCUT2D eigenvalue weighted by molar-refractivity contribution is -0.123. The van der Waals surface area contributed by atoms with E-state index in [1.807, 2.05) is 13.8 Å². The van der Waals surface area contributed by atoms with Gasteiger partial charge in [0.05, 0.1) is 0 Å². The molecule has 6 nitrogen and oxygen atoms in total. The molecule has 0 aliphatic carbocycles. The molecule has 2 rings (SSSR count). The van der Waals surface area contributed by atoms with E-state index >= 15 is 0 Å². The van der Waals surface area contributed by atoms with E-state index < -0.39 is 23.7 Å². The Morgan fingerprint density at radius 3 is 2.29 bits per heavy atom. The minimum atomic E-state index is -0.712. The number of para-hydroxylation sites is 1. The highest BCUT2D eigenvalue weighted by Gasteiger charge is 2.16. The van der Waals surface area contributed by atoms with Crippen LogP contribution in [0.5, 0.6) is 11.5 Å². The average Bonchev–Trinajstić information content (AvgIpc) is 2.63. The molecule has 28 heavy (non-hydrogen) atoms. The van der Waals surface area contributed by atoms with Crippen molar-refractivity contribution in [2.45, 2.75) is 39.4 Å². The third kappa shape index (κ3) is 6.22. The van der Waals surface area contributed by atoms with Crippen molar-refractivity contribution in [3.8, 4) is 11.5 Å². The molecular formula is C20H23F2N3O3. The Morgan fingerprint density at radius 2 is 1.64 bits per heavy atom. The number of halogens is 2. The van der Waals surface area contributed by atoms with Gasteiger partial charge in [-0.1, -0.05) is 18.2 Å². The van der Waals surface area contributed by atoms with Crippen LogP contribution in [0.25, 0.3) is 0 Å². The van der Waals surface area contributed by atoms with Crippen LogP contribution in [0.2, 0.25) is 0 Å². The van der Waals surface area contributed by atoms with Gasteiger partial charge in [-0.25, -0.2) is 13.6 Å². The van der Waals surface area contributed by atoms with Gasteiger partial charge in [0, 0.05) is 12.6 Å². The topological polar surface area (TPSA) is 79.5 Å². The quantitative estimate of drug-likeness (QED) is 0.676. The molecule has 2 aromatic carbocycles. The second-order valence-corrected chi connectivity index (χ2v) is 6.51. The van der Waals surface area contributed by atoms with E-state index in [1.54, 1.807) is 19.1 Å². The molecule has 2 aromatic rings. The summed E-state index contributed by atoms with van der Waals surface area (Å²) >= 11 is 0. The molecule has 0 saturated carbocycles. The molecule has 3 amide bonds. The average molecular weight is 391 g/mol. The summed E-state index contributed by atoms with van der Waals surface area (Å²) in [4.78, 5) is 23.7. The van der Waals surface area contributed by atoms with Gasteiger partial charge in [0.1, 0.15) is 6.04 Å². The van der Waals surface area contributed by atoms with Crippen LogP contribution in [0.3, 0.4) is 0 Å². The van der Waals surface area contributed by atoms with E-state index in [4.69, 9.17) is 4.74 Å². The number of benzene rings is 2. The highest BCUT2D eigenvalue weighted by molar-refractivity contribution is 5.86. The summed E-state index contributed by atoms with van der Waals surface area (Å²) in [6.45, 7) is 5.24. The van der Waals surface area contributed by atoms with Gasteiger partial charge in [0.25, 0.3) is 0 Å². The van der Waals surface area contributed by atoms with Crippen molar-refractivity contribution >= 4 is 11.9 Å². The van der Waals surface area contributed by atoms with Gasteiger partial charge in [-0.05, 0) is 50.6 Å². The van der Waals surface area contributed by atoms with E-state index in [0.29, 0.717) is 5.56 Å². The molecule has 0 radical (unpaired) electrons. The highest BCUT2D eigenvalue weighted by Crippen LogP contribution is 2.27. The Kier molecular flexibility index (Phi) is 7.31. The zero-order valence-electron chi connectivity index (χ0n) is 15.9. The first kappa shape index (κ1) is 21.1. The molecule has 0 bridgehead atoms. The van der Waals surface area contributed by atoms with E-state index in [-0.39, 0.29) is 30.0 Å². The smallest absolute Gasteiger partial charge is 0.315 e. The first-order chi connectivity index (χ1) is 13.3. The van der Waals surface area contributed by atoms with Crippen LogP contribution in [-0.2, 0) is 11.3 Å². The second kappa shape index (κ2) is 9.68. The Bertz CT molecular complexity index is 843. The molecule has 0 saturated heterocycles. The molecule has 0 spiro atoms. The fourth-order valence-corrected chi connectivity index (χ4v) is 2.29. The zero-order chi connectivity index (χ0) is 20.7. The molecule has 0 fully saturated rings. The van der Waals surface area contributed by atoms with Crippen molar-refractivity contribution < 1.29 is 23.1 Å². The summed E-state index contributed by atoms with van der Waals surface area (Å²) in [7, 11) is 0. The van der Waals surface area contributed by atoms with Crippen molar-refractivity contribution in [3.05, 3.63) is 59.7 Å².